The molecule has 2 aromatic carbocycles. The number of carbonyl (C=O) groups is 1. The number of carboxylic acids is 1. The highest BCUT2D eigenvalue weighted by Crippen LogP contribution is 2.63. The van der Waals surface area contributed by atoms with Gasteiger partial charge in [0, 0.05) is 5.69 Å². The third-order valence-corrected chi connectivity index (χ3v) is 6.48. The van der Waals surface area contributed by atoms with E-state index in [0.29, 0.717) is 29.4 Å². The molecule has 0 saturated heterocycles. The van der Waals surface area contributed by atoms with E-state index in [4.69, 9.17) is 0 Å². The number of nitrogens with one attached hydrogen (secondary N) is 1. The van der Waals surface area contributed by atoms with E-state index in [1.165, 1.54) is 30.4 Å². The van der Waals surface area contributed by atoms with Gasteiger partial charge in [-0.15, -0.1) is 0 Å². The maximum Gasteiger partial charge on any atom is 0.0715 e. The van der Waals surface area contributed by atoms with Gasteiger partial charge in [-0.25, -0.2) is 0 Å². The number of benzene rings is 2. The zero-order valence-corrected chi connectivity index (χ0v) is 13.4. The van der Waals surface area contributed by atoms with Crippen molar-refractivity contribution in [1.82, 2.24) is 0 Å². The summed E-state index contributed by atoms with van der Waals surface area (Å²) in [5.74, 6) is 1.41. The quantitative estimate of drug-likeness (QED) is 0.924. The predicted octanol–water partition coefficient (Wildman–Crippen LogP) is 3.35. The van der Waals surface area contributed by atoms with Gasteiger partial charge in [-0.3, -0.25) is 0 Å². The van der Waals surface area contributed by atoms with Crippen molar-refractivity contribution >= 4 is 11.7 Å². The highest BCUT2D eigenvalue weighted by atomic mass is 16.4. The molecule has 24 heavy (non-hydrogen) atoms. The molecule has 2 aliphatic carbocycles. The third kappa shape index (κ3) is 1.94. The van der Waals surface area contributed by atoms with E-state index in [9.17, 15) is 9.90 Å². The summed E-state index contributed by atoms with van der Waals surface area (Å²) in [6.07, 6.45) is 3.88. The summed E-state index contributed by atoms with van der Waals surface area (Å²) in [7, 11) is 0. The van der Waals surface area contributed by atoms with Crippen LogP contribution < -0.4 is 10.4 Å². The first-order chi connectivity index (χ1) is 11.7. The number of hydrogen-bond acceptors (Lipinski definition) is 3. The number of carboxylic acid groups (broad SMARTS) is 1. The van der Waals surface area contributed by atoms with Crippen LogP contribution in [0, 0.1) is 17.8 Å². The lowest BCUT2D eigenvalue weighted by molar-refractivity contribution is -0.255. The first-order valence-corrected chi connectivity index (χ1v) is 8.89. The van der Waals surface area contributed by atoms with Crippen LogP contribution in [0.2, 0.25) is 0 Å². The Hall–Kier alpha value is -2.29. The van der Waals surface area contributed by atoms with E-state index < -0.39 is 5.97 Å². The van der Waals surface area contributed by atoms with Crippen molar-refractivity contribution in [3.63, 3.8) is 0 Å². The molecule has 2 bridgehead atoms. The van der Waals surface area contributed by atoms with Crippen molar-refractivity contribution in [2.75, 3.05) is 5.32 Å². The van der Waals surface area contributed by atoms with Crippen LogP contribution in [-0.4, -0.2) is 5.97 Å². The molecule has 1 N–H and O–H groups in total. The maximum atomic E-state index is 11.3. The lowest BCUT2D eigenvalue weighted by Gasteiger charge is -2.43. The van der Waals surface area contributed by atoms with Gasteiger partial charge in [0.15, 0.2) is 0 Å². The van der Waals surface area contributed by atoms with Gasteiger partial charge in [0.1, 0.15) is 0 Å². The molecule has 5 atom stereocenters. The SMILES string of the molecule is O=C([O-])c1ccc2c(c1)[C@H]1[C@H]3CC[C@@H](C3)[C@@H]1[C@@H](c1ccccc1)N2. The fraction of sp³-hybridized carbons (Fsp3) is 0.381. The maximum absolute atomic E-state index is 11.3. The van der Waals surface area contributed by atoms with E-state index >= 15 is 0 Å². The second-order valence-corrected chi connectivity index (χ2v) is 7.56. The molecule has 1 aliphatic heterocycles. The monoisotopic (exact) mass is 318 g/mol. The Bertz CT molecular complexity index is 801. The largest absolute Gasteiger partial charge is 0.545 e. The van der Waals surface area contributed by atoms with Gasteiger partial charge in [-0.05, 0) is 71.8 Å². The Labute approximate surface area is 141 Å². The summed E-state index contributed by atoms with van der Waals surface area (Å²) < 4.78 is 0. The molecule has 5 rings (SSSR count). The molecule has 3 heteroatoms. The average molecular weight is 318 g/mol. The van der Waals surface area contributed by atoms with E-state index in [-0.39, 0.29) is 0 Å². The summed E-state index contributed by atoms with van der Waals surface area (Å²) in [6, 6.07) is 16.5. The number of aromatic carboxylic acids is 1. The first kappa shape index (κ1) is 14.1. The summed E-state index contributed by atoms with van der Waals surface area (Å²) in [5, 5.41) is 15.0. The van der Waals surface area contributed by atoms with Crippen LogP contribution in [0.15, 0.2) is 48.5 Å². The van der Waals surface area contributed by atoms with Crippen LogP contribution in [0.3, 0.4) is 0 Å². The van der Waals surface area contributed by atoms with Crippen LogP contribution in [0.4, 0.5) is 5.69 Å². The number of fused-ring (bicyclic) bond motifs is 7. The van der Waals surface area contributed by atoms with Gasteiger partial charge >= 0.3 is 0 Å². The lowest BCUT2D eigenvalue weighted by atomic mass is 9.68. The normalized spacial score (nSPS) is 32.8. The van der Waals surface area contributed by atoms with Gasteiger partial charge in [0.05, 0.1) is 12.0 Å². The highest BCUT2D eigenvalue weighted by molar-refractivity contribution is 5.87. The van der Waals surface area contributed by atoms with Crippen molar-refractivity contribution < 1.29 is 9.90 Å². The Morgan fingerprint density at radius 2 is 1.83 bits per heavy atom. The molecular weight excluding hydrogens is 298 g/mol. The van der Waals surface area contributed by atoms with Crippen molar-refractivity contribution in [3.05, 3.63) is 65.2 Å². The van der Waals surface area contributed by atoms with Gasteiger partial charge in [0.25, 0.3) is 0 Å². The zero-order chi connectivity index (χ0) is 16.3. The molecule has 2 aromatic rings. The van der Waals surface area contributed by atoms with Crippen LogP contribution in [0.25, 0.3) is 0 Å². The molecule has 1 heterocycles. The molecule has 0 unspecified atom stereocenters. The average Bonchev–Trinajstić information content (AvgIpc) is 3.23. The number of rotatable bonds is 2. The Morgan fingerprint density at radius 1 is 1.04 bits per heavy atom. The van der Waals surface area contributed by atoms with Crippen LogP contribution in [0.5, 0.6) is 0 Å². The molecule has 0 aromatic heterocycles. The topological polar surface area (TPSA) is 52.2 Å². The number of anilines is 1. The first-order valence-electron chi connectivity index (χ1n) is 8.89. The van der Waals surface area contributed by atoms with E-state index in [0.717, 1.165) is 11.6 Å². The summed E-state index contributed by atoms with van der Waals surface area (Å²) in [5.41, 5.74) is 3.94. The van der Waals surface area contributed by atoms with Gasteiger partial charge in [-0.2, -0.15) is 0 Å². The van der Waals surface area contributed by atoms with Crippen molar-refractivity contribution in [2.24, 2.45) is 17.8 Å². The summed E-state index contributed by atoms with van der Waals surface area (Å²) in [6.45, 7) is 0. The number of carbonyl (C=O) groups excluding carboxylic acids is 1. The molecule has 2 fully saturated rings. The molecule has 122 valence electrons. The molecule has 0 amide bonds. The lowest BCUT2D eigenvalue weighted by Crippen LogP contribution is -2.35. The fourth-order valence-corrected chi connectivity index (χ4v) is 5.60. The van der Waals surface area contributed by atoms with Crippen LogP contribution in [-0.2, 0) is 0 Å². The molecule has 0 radical (unpaired) electrons. The van der Waals surface area contributed by atoms with Crippen LogP contribution >= 0.6 is 0 Å². The van der Waals surface area contributed by atoms with E-state index in [2.05, 4.69) is 35.6 Å². The predicted molar refractivity (Wildman–Crippen MR) is 90.6 cm³/mol. The third-order valence-electron chi connectivity index (χ3n) is 6.48. The van der Waals surface area contributed by atoms with Gasteiger partial charge < -0.3 is 15.2 Å². The van der Waals surface area contributed by atoms with Crippen LogP contribution in [0.1, 0.15) is 52.7 Å². The van der Waals surface area contributed by atoms with Crippen molar-refractivity contribution in [1.29, 1.82) is 0 Å². The minimum atomic E-state index is -1.08. The van der Waals surface area contributed by atoms with Gasteiger partial charge in [0.2, 0.25) is 0 Å². The van der Waals surface area contributed by atoms with Crippen molar-refractivity contribution in [3.8, 4) is 0 Å². The minimum absolute atomic E-state index is 0.301. The number of hydrogen-bond donors (Lipinski definition) is 1. The molecule has 2 saturated carbocycles. The van der Waals surface area contributed by atoms with E-state index in [1.807, 2.05) is 12.1 Å². The Morgan fingerprint density at radius 3 is 2.62 bits per heavy atom. The zero-order valence-electron chi connectivity index (χ0n) is 13.4. The highest BCUT2D eigenvalue weighted by Gasteiger charge is 2.53. The fourth-order valence-electron chi connectivity index (χ4n) is 5.60. The summed E-state index contributed by atoms with van der Waals surface area (Å²) >= 11 is 0. The molecule has 3 nitrogen and oxygen atoms in total. The second-order valence-electron chi connectivity index (χ2n) is 7.56. The molecular formula is C21H20NO2-. The standard InChI is InChI=1S/C21H21NO2/c23-21(24)15-8-9-17-16(11-15)18-13-6-7-14(10-13)19(18)20(22-17)12-4-2-1-3-5-12/h1-5,8-9,11,13-14,18-20,22H,6-7,10H2,(H,23,24)/p-1/t13-,14-,18+,19-,20+/m0/s1. The van der Waals surface area contributed by atoms with Gasteiger partial charge in [-0.1, -0.05) is 36.4 Å². The minimum Gasteiger partial charge on any atom is -0.545 e. The molecule has 0 spiro atoms. The Kier molecular flexibility index (Phi) is 2.99. The second kappa shape index (κ2) is 5.10. The van der Waals surface area contributed by atoms with Crippen molar-refractivity contribution in [2.45, 2.75) is 31.2 Å². The molecule has 3 aliphatic rings. The Balaban J connectivity index is 1.64. The van der Waals surface area contributed by atoms with E-state index in [1.54, 1.807) is 6.07 Å². The summed E-state index contributed by atoms with van der Waals surface area (Å²) in [4.78, 5) is 11.3. The smallest absolute Gasteiger partial charge is 0.0715 e.